The molecule has 0 aliphatic rings. The molecule has 0 heterocycles. The number of benzene rings is 1. The molecule has 0 spiro atoms. The van der Waals surface area contributed by atoms with Crippen LogP contribution in [0.4, 0.5) is 0 Å². The van der Waals surface area contributed by atoms with Gasteiger partial charge in [0, 0.05) is 0 Å². The summed E-state index contributed by atoms with van der Waals surface area (Å²) >= 11 is 0. The Morgan fingerprint density at radius 3 is 2.05 bits per heavy atom. The van der Waals surface area contributed by atoms with E-state index in [0.29, 0.717) is 0 Å². The molecule has 1 aromatic carbocycles. The zero-order chi connectivity index (χ0) is 14.6. The smallest absolute Gasteiger partial charge is 0.0790 e. The summed E-state index contributed by atoms with van der Waals surface area (Å²) in [6, 6.07) is 8.04. The van der Waals surface area contributed by atoms with Crippen LogP contribution in [-0.2, 0) is 0 Å². The van der Waals surface area contributed by atoms with Crippen molar-refractivity contribution in [3.63, 3.8) is 0 Å². The zero-order valence-corrected chi connectivity index (χ0v) is 13.0. The van der Waals surface area contributed by atoms with Crippen molar-refractivity contribution in [1.29, 1.82) is 0 Å². The van der Waals surface area contributed by atoms with Crippen LogP contribution in [0.1, 0.15) is 81.9 Å². The van der Waals surface area contributed by atoms with Gasteiger partial charge in [-0.05, 0) is 17.5 Å². The molecule has 1 atom stereocenters. The van der Waals surface area contributed by atoms with Crippen molar-refractivity contribution >= 4 is 6.08 Å². The minimum absolute atomic E-state index is 0.311. The van der Waals surface area contributed by atoms with Crippen LogP contribution in [0.3, 0.4) is 0 Å². The molecular formula is C19H30O. The summed E-state index contributed by atoms with van der Waals surface area (Å²) < 4.78 is 0. The Bertz CT molecular complexity index is 353. The molecule has 0 saturated carbocycles. The standard InChI is InChI=1S/C19H30O/c1-3-5-6-7-8-9-10-11-12-19(20)18-15-13-17(4-2)14-16-18/h4,13-16,19-20H,2-3,5-12H2,1H3. The van der Waals surface area contributed by atoms with Crippen molar-refractivity contribution in [2.75, 3.05) is 0 Å². The van der Waals surface area contributed by atoms with Gasteiger partial charge in [-0.1, -0.05) is 95.2 Å². The Labute approximate surface area is 124 Å². The van der Waals surface area contributed by atoms with Crippen LogP contribution in [0.5, 0.6) is 0 Å². The summed E-state index contributed by atoms with van der Waals surface area (Å²) in [5.41, 5.74) is 2.13. The fourth-order valence-electron chi connectivity index (χ4n) is 2.49. The SMILES string of the molecule is C=Cc1ccc(C(O)CCCCCCCCCC)cc1. The molecule has 1 N–H and O–H groups in total. The summed E-state index contributed by atoms with van der Waals surface area (Å²) in [5.74, 6) is 0. The molecular weight excluding hydrogens is 244 g/mol. The fourth-order valence-corrected chi connectivity index (χ4v) is 2.49. The first-order chi connectivity index (χ1) is 9.77. The van der Waals surface area contributed by atoms with Gasteiger partial charge in [0.2, 0.25) is 0 Å². The lowest BCUT2D eigenvalue weighted by molar-refractivity contribution is 0.163. The molecule has 0 amide bonds. The zero-order valence-electron chi connectivity index (χ0n) is 13.0. The average Bonchev–Trinajstić information content (AvgIpc) is 2.50. The third kappa shape index (κ3) is 6.91. The van der Waals surface area contributed by atoms with Crippen molar-refractivity contribution in [3.8, 4) is 0 Å². The van der Waals surface area contributed by atoms with E-state index in [-0.39, 0.29) is 6.10 Å². The minimum Gasteiger partial charge on any atom is -0.388 e. The molecule has 0 aromatic heterocycles. The van der Waals surface area contributed by atoms with Crippen molar-refractivity contribution in [3.05, 3.63) is 42.0 Å². The average molecular weight is 274 g/mol. The molecule has 0 aliphatic heterocycles. The Morgan fingerprint density at radius 2 is 1.50 bits per heavy atom. The fraction of sp³-hybridized carbons (Fsp3) is 0.579. The van der Waals surface area contributed by atoms with Crippen LogP contribution in [0.15, 0.2) is 30.8 Å². The Morgan fingerprint density at radius 1 is 0.950 bits per heavy atom. The maximum Gasteiger partial charge on any atom is 0.0790 e. The van der Waals surface area contributed by atoms with Gasteiger partial charge in [0.25, 0.3) is 0 Å². The maximum absolute atomic E-state index is 10.1. The van der Waals surface area contributed by atoms with Gasteiger partial charge in [-0.25, -0.2) is 0 Å². The van der Waals surface area contributed by atoms with Gasteiger partial charge < -0.3 is 5.11 Å². The molecule has 1 nitrogen and oxygen atoms in total. The van der Waals surface area contributed by atoms with Gasteiger partial charge in [-0.2, -0.15) is 0 Å². The molecule has 112 valence electrons. The second-order valence-corrected chi connectivity index (χ2v) is 5.65. The van der Waals surface area contributed by atoms with Crippen LogP contribution in [0.2, 0.25) is 0 Å². The first-order valence-electron chi connectivity index (χ1n) is 8.18. The minimum atomic E-state index is -0.311. The highest BCUT2D eigenvalue weighted by Crippen LogP contribution is 2.21. The molecule has 0 aliphatic carbocycles. The Hall–Kier alpha value is -1.08. The lowest BCUT2D eigenvalue weighted by atomic mass is 10.0. The molecule has 1 unspecified atom stereocenters. The molecule has 0 fully saturated rings. The van der Waals surface area contributed by atoms with E-state index in [1.165, 1.54) is 44.9 Å². The van der Waals surface area contributed by atoms with E-state index in [2.05, 4.69) is 13.5 Å². The van der Waals surface area contributed by atoms with Crippen LogP contribution in [-0.4, -0.2) is 5.11 Å². The van der Waals surface area contributed by atoms with Crippen LogP contribution in [0, 0.1) is 0 Å². The third-order valence-corrected chi connectivity index (χ3v) is 3.89. The third-order valence-electron chi connectivity index (χ3n) is 3.89. The molecule has 20 heavy (non-hydrogen) atoms. The van der Waals surface area contributed by atoms with Crippen LogP contribution in [0.25, 0.3) is 6.08 Å². The van der Waals surface area contributed by atoms with Gasteiger partial charge in [0.1, 0.15) is 0 Å². The van der Waals surface area contributed by atoms with Crippen LogP contribution >= 0.6 is 0 Å². The predicted molar refractivity (Wildman–Crippen MR) is 88.7 cm³/mol. The molecule has 1 heteroatoms. The van der Waals surface area contributed by atoms with Gasteiger partial charge in [-0.15, -0.1) is 0 Å². The number of hydrogen-bond donors (Lipinski definition) is 1. The Kier molecular flexibility index (Phi) is 9.06. The quantitative estimate of drug-likeness (QED) is 0.498. The lowest BCUT2D eigenvalue weighted by Gasteiger charge is -2.11. The van der Waals surface area contributed by atoms with Crippen LogP contribution < -0.4 is 0 Å². The lowest BCUT2D eigenvalue weighted by Crippen LogP contribution is -1.97. The summed E-state index contributed by atoms with van der Waals surface area (Å²) in [6.07, 6.45) is 12.9. The van der Waals surface area contributed by atoms with E-state index in [1.54, 1.807) is 0 Å². The van der Waals surface area contributed by atoms with E-state index < -0.39 is 0 Å². The number of aliphatic hydroxyl groups is 1. The molecule has 0 radical (unpaired) electrons. The topological polar surface area (TPSA) is 20.2 Å². The van der Waals surface area contributed by atoms with E-state index in [9.17, 15) is 5.11 Å². The molecule has 0 bridgehead atoms. The van der Waals surface area contributed by atoms with Gasteiger partial charge in [0.15, 0.2) is 0 Å². The number of unbranched alkanes of at least 4 members (excludes halogenated alkanes) is 7. The highest BCUT2D eigenvalue weighted by atomic mass is 16.3. The highest BCUT2D eigenvalue weighted by Gasteiger charge is 2.06. The van der Waals surface area contributed by atoms with Gasteiger partial charge in [-0.3, -0.25) is 0 Å². The Balaban J connectivity index is 2.10. The second kappa shape index (κ2) is 10.7. The first kappa shape index (κ1) is 17.0. The predicted octanol–water partition coefficient (Wildman–Crippen LogP) is 5.89. The van der Waals surface area contributed by atoms with E-state index >= 15 is 0 Å². The van der Waals surface area contributed by atoms with E-state index in [1.807, 2.05) is 30.3 Å². The monoisotopic (exact) mass is 274 g/mol. The summed E-state index contributed by atoms with van der Waals surface area (Å²) in [6.45, 7) is 5.99. The van der Waals surface area contributed by atoms with Gasteiger partial charge >= 0.3 is 0 Å². The summed E-state index contributed by atoms with van der Waals surface area (Å²) in [5, 5.41) is 10.1. The molecule has 0 saturated heterocycles. The second-order valence-electron chi connectivity index (χ2n) is 5.65. The first-order valence-corrected chi connectivity index (χ1v) is 8.18. The molecule has 1 aromatic rings. The summed E-state index contributed by atoms with van der Waals surface area (Å²) in [7, 11) is 0. The summed E-state index contributed by atoms with van der Waals surface area (Å²) in [4.78, 5) is 0. The van der Waals surface area contributed by atoms with E-state index in [4.69, 9.17) is 0 Å². The van der Waals surface area contributed by atoms with Crippen molar-refractivity contribution in [1.82, 2.24) is 0 Å². The van der Waals surface area contributed by atoms with Gasteiger partial charge in [0.05, 0.1) is 6.10 Å². The molecule has 1 rings (SSSR count). The maximum atomic E-state index is 10.1. The van der Waals surface area contributed by atoms with Crippen molar-refractivity contribution < 1.29 is 5.11 Å². The normalized spacial score (nSPS) is 12.3. The van der Waals surface area contributed by atoms with Crippen molar-refractivity contribution in [2.24, 2.45) is 0 Å². The largest absolute Gasteiger partial charge is 0.388 e. The number of aliphatic hydroxyl groups excluding tert-OH is 1. The number of hydrogen-bond acceptors (Lipinski definition) is 1. The van der Waals surface area contributed by atoms with E-state index in [0.717, 1.165) is 24.0 Å². The van der Waals surface area contributed by atoms with Crippen molar-refractivity contribution in [2.45, 2.75) is 70.8 Å². The highest BCUT2D eigenvalue weighted by molar-refractivity contribution is 5.47. The number of rotatable bonds is 11.